The van der Waals surface area contributed by atoms with Gasteiger partial charge in [0, 0.05) is 17.1 Å². The van der Waals surface area contributed by atoms with Gasteiger partial charge in [-0.3, -0.25) is 0 Å². The second kappa shape index (κ2) is 5.15. The zero-order chi connectivity index (χ0) is 13.1. The molecule has 0 unspecified atom stereocenters. The summed E-state index contributed by atoms with van der Waals surface area (Å²) in [4.78, 5) is 13.1. The molecule has 18 heavy (non-hydrogen) atoms. The molecule has 0 bridgehead atoms. The number of aromatic nitrogens is 3. The van der Waals surface area contributed by atoms with Crippen LogP contribution in [0.25, 0.3) is 0 Å². The summed E-state index contributed by atoms with van der Waals surface area (Å²) in [6.07, 6.45) is 0. The van der Waals surface area contributed by atoms with Crippen molar-refractivity contribution in [1.29, 1.82) is 5.26 Å². The molecule has 90 valence electrons. The van der Waals surface area contributed by atoms with Crippen LogP contribution >= 0.6 is 11.8 Å². The van der Waals surface area contributed by atoms with Crippen molar-refractivity contribution in [3.63, 3.8) is 0 Å². The SMILES string of the molecule is Cc1cc(C#N)cc(Sc2nc(C)cc(C)n2)n1. The van der Waals surface area contributed by atoms with Crippen LogP contribution in [-0.2, 0) is 0 Å². The first-order valence-corrected chi connectivity index (χ1v) is 6.27. The van der Waals surface area contributed by atoms with E-state index in [0.717, 1.165) is 22.1 Å². The zero-order valence-electron chi connectivity index (χ0n) is 10.4. The number of hydrogen-bond donors (Lipinski definition) is 0. The van der Waals surface area contributed by atoms with E-state index in [4.69, 9.17) is 5.26 Å². The summed E-state index contributed by atoms with van der Waals surface area (Å²) < 4.78 is 0. The maximum absolute atomic E-state index is 8.92. The predicted molar refractivity (Wildman–Crippen MR) is 69.3 cm³/mol. The van der Waals surface area contributed by atoms with Crippen molar-refractivity contribution in [3.8, 4) is 6.07 Å². The highest BCUT2D eigenvalue weighted by atomic mass is 32.2. The molecule has 0 radical (unpaired) electrons. The van der Waals surface area contributed by atoms with Crippen LogP contribution < -0.4 is 0 Å². The fourth-order valence-electron chi connectivity index (χ4n) is 1.59. The van der Waals surface area contributed by atoms with E-state index in [9.17, 15) is 0 Å². The third-order valence-electron chi connectivity index (χ3n) is 2.22. The molecule has 0 aliphatic rings. The first-order chi connectivity index (χ1) is 8.56. The van der Waals surface area contributed by atoms with Crippen LogP contribution in [-0.4, -0.2) is 15.0 Å². The second-order valence-electron chi connectivity index (χ2n) is 3.98. The van der Waals surface area contributed by atoms with E-state index < -0.39 is 0 Å². The summed E-state index contributed by atoms with van der Waals surface area (Å²) >= 11 is 1.38. The molecule has 0 aliphatic carbocycles. The molecule has 2 rings (SSSR count). The maximum Gasteiger partial charge on any atom is 0.194 e. The summed E-state index contributed by atoms with van der Waals surface area (Å²) in [6, 6.07) is 7.55. The van der Waals surface area contributed by atoms with Gasteiger partial charge in [-0.2, -0.15) is 5.26 Å². The van der Waals surface area contributed by atoms with Crippen LogP contribution in [0.15, 0.2) is 28.4 Å². The Hall–Kier alpha value is -1.93. The molecule has 0 saturated heterocycles. The van der Waals surface area contributed by atoms with Gasteiger partial charge < -0.3 is 0 Å². The van der Waals surface area contributed by atoms with Gasteiger partial charge >= 0.3 is 0 Å². The van der Waals surface area contributed by atoms with E-state index in [1.165, 1.54) is 11.8 Å². The first kappa shape index (κ1) is 12.5. The summed E-state index contributed by atoms with van der Waals surface area (Å²) in [6.45, 7) is 5.74. The van der Waals surface area contributed by atoms with Gasteiger partial charge in [0.2, 0.25) is 0 Å². The maximum atomic E-state index is 8.92. The molecule has 2 aromatic heterocycles. The summed E-state index contributed by atoms with van der Waals surface area (Å²) in [5.41, 5.74) is 3.28. The summed E-state index contributed by atoms with van der Waals surface area (Å²) in [5.74, 6) is 0. The number of aryl methyl sites for hydroxylation is 3. The first-order valence-electron chi connectivity index (χ1n) is 5.46. The van der Waals surface area contributed by atoms with Crippen molar-refractivity contribution in [1.82, 2.24) is 15.0 Å². The molecule has 4 nitrogen and oxygen atoms in total. The Bertz CT molecular complexity index is 611. The lowest BCUT2D eigenvalue weighted by molar-refractivity contribution is 0.897. The lowest BCUT2D eigenvalue weighted by Crippen LogP contribution is -1.94. The van der Waals surface area contributed by atoms with E-state index in [0.29, 0.717) is 10.7 Å². The quantitative estimate of drug-likeness (QED) is 0.773. The molecule has 0 amide bonds. The van der Waals surface area contributed by atoms with Crippen LogP contribution in [0.4, 0.5) is 0 Å². The van der Waals surface area contributed by atoms with E-state index >= 15 is 0 Å². The Labute approximate surface area is 110 Å². The Morgan fingerprint density at radius 1 is 0.944 bits per heavy atom. The van der Waals surface area contributed by atoms with Crippen molar-refractivity contribution in [2.45, 2.75) is 31.0 Å². The second-order valence-corrected chi connectivity index (χ2v) is 4.97. The minimum absolute atomic E-state index is 0.606. The number of nitriles is 1. The van der Waals surface area contributed by atoms with E-state index in [1.807, 2.05) is 26.8 Å². The highest BCUT2D eigenvalue weighted by Gasteiger charge is 2.06. The van der Waals surface area contributed by atoms with Crippen LogP contribution in [0.1, 0.15) is 22.6 Å². The van der Waals surface area contributed by atoms with E-state index in [1.54, 1.807) is 12.1 Å². The van der Waals surface area contributed by atoms with Crippen molar-refractivity contribution in [2.75, 3.05) is 0 Å². The molecule has 2 heterocycles. The van der Waals surface area contributed by atoms with Crippen molar-refractivity contribution < 1.29 is 0 Å². The Balaban J connectivity index is 2.34. The smallest absolute Gasteiger partial charge is 0.194 e. The number of nitrogens with zero attached hydrogens (tertiary/aromatic N) is 4. The van der Waals surface area contributed by atoms with Gasteiger partial charge in [-0.05, 0) is 50.7 Å². The fraction of sp³-hybridized carbons (Fsp3) is 0.231. The van der Waals surface area contributed by atoms with E-state index in [2.05, 4.69) is 21.0 Å². The molecular formula is C13H12N4S. The molecule has 0 aromatic carbocycles. The molecule has 0 saturated carbocycles. The molecule has 0 spiro atoms. The van der Waals surface area contributed by atoms with Crippen molar-refractivity contribution in [3.05, 3.63) is 40.8 Å². The minimum atomic E-state index is 0.606. The standard InChI is InChI=1S/C13H12N4S/c1-8-4-9(2)17-13(16-8)18-12-6-11(7-14)5-10(3)15-12/h4-6H,1-3H3. The average molecular weight is 256 g/mol. The lowest BCUT2D eigenvalue weighted by atomic mass is 10.2. The molecule has 0 atom stereocenters. The third-order valence-corrected chi connectivity index (χ3v) is 3.00. The number of rotatable bonds is 2. The topological polar surface area (TPSA) is 62.5 Å². The molecule has 5 heteroatoms. The monoisotopic (exact) mass is 256 g/mol. The van der Waals surface area contributed by atoms with Gasteiger partial charge in [0.05, 0.1) is 11.6 Å². The van der Waals surface area contributed by atoms with E-state index in [-0.39, 0.29) is 0 Å². The fourth-order valence-corrected chi connectivity index (χ4v) is 2.53. The van der Waals surface area contributed by atoms with Crippen LogP contribution in [0.5, 0.6) is 0 Å². The van der Waals surface area contributed by atoms with Crippen LogP contribution in [0.3, 0.4) is 0 Å². The lowest BCUT2D eigenvalue weighted by Gasteiger charge is -2.03. The van der Waals surface area contributed by atoms with Gasteiger partial charge in [-0.1, -0.05) is 0 Å². The predicted octanol–water partition coefficient (Wildman–Crippen LogP) is 2.82. The Kier molecular flexibility index (Phi) is 3.58. The largest absolute Gasteiger partial charge is 0.246 e. The van der Waals surface area contributed by atoms with Crippen LogP contribution in [0.2, 0.25) is 0 Å². The zero-order valence-corrected chi connectivity index (χ0v) is 11.2. The average Bonchev–Trinajstić information content (AvgIpc) is 2.26. The van der Waals surface area contributed by atoms with Crippen LogP contribution in [0, 0.1) is 32.1 Å². The van der Waals surface area contributed by atoms with Crippen molar-refractivity contribution in [2.24, 2.45) is 0 Å². The van der Waals surface area contributed by atoms with Gasteiger partial charge in [-0.15, -0.1) is 0 Å². The Morgan fingerprint density at radius 2 is 1.56 bits per heavy atom. The molecular weight excluding hydrogens is 244 g/mol. The molecule has 0 aliphatic heterocycles. The normalized spacial score (nSPS) is 10.1. The van der Waals surface area contributed by atoms with Gasteiger partial charge in [0.25, 0.3) is 0 Å². The van der Waals surface area contributed by atoms with Gasteiger partial charge in [0.1, 0.15) is 5.03 Å². The van der Waals surface area contributed by atoms with Gasteiger partial charge in [-0.25, -0.2) is 15.0 Å². The highest BCUT2D eigenvalue weighted by molar-refractivity contribution is 7.99. The molecule has 0 fully saturated rings. The highest BCUT2D eigenvalue weighted by Crippen LogP contribution is 2.24. The third kappa shape index (κ3) is 3.05. The molecule has 2 aromatic rings. The minimum Gasteiger partial charge on any atom is -0.246 e. The molecule has 0 N–H and O–H groups in total. The number of pyridine rings is 1. The van der Waals surface area contributed by atoms with Crippen molar-refractivity contribution >= 4 is 11.8 Å². The van der Waals surface area contributed by atoms with Gasteiger partial charge in [0.15, 0.2) is 5.16 Å². The number of hydrogen-bond acceptors (Lipinski definition) is 5. The summed E-state index contributed by atoms with van der Waals surface area (Å²) in [7, 11) is 0. The summed E-state index contributed by atoms with van der Waals surface area (Å²) in [5, 5.41) is 10.3. The Morgan fingerprint density at radius 3 is 2.17 bits per heavy atom.